The van der Waals surface area contributed by atoms with E-state index in [-0.39, 0.29) is 47.5 Å². The number of hydrogen-bond donors (Lipinski definition) is 0. The third-order valence-electron chi connectivity index (χ3n) is 6.53. The number of aromatic nitrogens is 1. The van der Waals surface area contributed by atoms with Crippen LogP contribution in [0.3, 0.4) is 0 Å². The minimum atomic E-state index is -0.743. The molecule has 194 valence electrons. The van der Waals surface area contributed by atoms with E-state index in [2.05, 4.69) is 0 Å². The maximum absolute atomic E-state index is 15.5. The summed E-state index contributed by atoms with van der Waals surface area (Å²) in [5.41, 5.74) is 0.577. The van der Waals surface area contributed by atoms with E-state index in [9.17, 15) is 9.59 Å². The van der Waals surface area contributed by atoms with E-state index in [1.54, 1.807) is 30.9 Å². The summed E-state index contributed by atoms with van der Waals surface area (Å²) < 4.78 is 39.9. The largest absolute Gasteiger partial charge is 0.497 e. The monoisotopic (exact) mass is 507 g/mol. The third-order valence-corrected chi connectivity index (χ3v) is 6.53. The number of carbonyl (C=O) groups is 1. The Balaban J connectivity index is 1.77. The van der Waals surface area contributed by atoms with Crippen LogP contribution in [0.5, 0.6) is 17.2 Å². The first kappa shape index (κ1) is 26.0. The normalized spacial score (nSPS) is 16.8. The maximum Gasteiger partial charge on any atom is 0.200 e. The SMILES string of the molecule is CCn1cc(C=O)c(=O)c2cc(F)c(OCc3ccc(OC)cc3)c(OCC3C=CC(OC)=CC3C)c21. The average Bonchev–Trinajstić information content (AvgIpc) is 2.92. The molecule has 8 heteroatoms. The van der Waals surface area contributed by atoms with Gasteiger partial charge in [0.2, 0.25) is 0 Å². The van der Waals surface area contributed by atoms with Crippen LogP contribution >= 0.6 is 0 Å². The van der Waals surface area contributed by atoms with E-state index in [1.165, 1.54) is 6.20 Å². The number of aldehydes is 1. The fourth-order valence-electron chi connectivity index (χ4n) is 4.34. The van der Waals surface area contributed by atoms with Crippen molar-refractivity contribution in [1.29, 1.82) is 0 Å². The molecule has 7 nitrogen and oxygen atoms in total. The fraction of sp³-hybridized carbons (Fsp3) is 0.310. The molecule has 0 spiro atoms. The van der Waals surface area contributed by atoms with Crippen LogP contribution in [0.15, 0.2) is 65.3 Å². The van der Waals surface area contributed by atoms with Crippen LogP contribution in [0.1, 0.15) is 29.8 Å². The topological polar surface area (TPSA) is 76.0 Å². The van der Waals surface area contributed by atoms with Crippen molar-refractivity contribution in [2.24, 2.45) is 11.8 Å². The summed E-state index contributed by atoms with van der Waals surface area (Å²) in [5, 5.41) is 0.0598. The standard InChI is InChI=1S/C29H30FNO6/c1-5-31-14-21(15-32)27(33)24-13-25(30)28(36-16-19-6-9-22(34-3)10-7-19)29(26(24)31)37-17-20-8-11-23(35-4)12-18(20)2/h6-15,18,20H,5,16-17H2,1-4H3. The number of ether oxygens (including phenoxy) is 4. The molecule has 37 heavy (non-hydrogen) atoms. The molecule has 0 saturated carbocycles. The van der Waals surface area contributed by atoms with Gasteiger partial charge in [0.15, 0.2) is 29.0 Å². The molecule has 0 fully saturated rings. The van der Waals surface area contributed by atoms with Crippen LogP contribution in [0.4, 0.5) is 4.39 Å². The lowest BCUT2D eigenvalue weighted by atomic mass is 9.90. The number of nitrogens with zero attached hydrogens (tertiary/aromatic N) is 1. The third kappa shape index (κ3) is 5.38. The first-order chi connectivity index (χ1) is 17.9. The van der Waals surface area contributed by atoms with Crippen LogP contribution in [0.25, 0.3) is 10.9 Å². The van der Waals surface area contributed by atoms with E-state index < -0.39 is 11.2 Å². The molecule has 1 aromatic heterocycles. The van der Waals surface area contributed by atoms with Crippen molar-refractivity contribution in [2.75, 3.05) is 20.8 Å². The van der Waals surface area contributed by atoms with Gasteiger partial charge in [-0.05, 0) is 48.8 Å². The van der Waals surface area contributed by atoms with Crippen molar-refractivity contribution in [1.82, 2.24) is 4.57 Å². The molecule has 2 aromatic carbocycles. The lowest BCUT2D eigenvalue weighted by Crippen LogP contribution is -2.21. The summed E-state index contributed by atoms with van der Waals surface area (Å²) in [6, 6.07) is 8.35. The number of hydrogen-bond acceptors (Lipinski definition) is 6. The minimum Gasteiger partial charge on any atom is -0.497 e. The molecule has 0 radical (unpaired) electrons. The predicted octanol–water partition coefficient (Wildman–Crippen LogP) is 5.29. The fourth-order valence-corrected chi connectivity index (χ4v) is 4.34. The highest BCUT2D eigenvalue weighted by molar-refractivity contribution is 5.91. The summed E-state index contributed by atoms with van der Waals surface area (Å²) in [6.45, 7) is 4.63. The van der Waals surface area contributed by atoms with Gasteiger partial charge in [-0.3, -0.25) is 9.59 Å². The Morgan fingerprint density at radius 2 is 1.84 bits per heavy atom. The Morgan fingerprint density at radius 1 is 1.08 bits per heavy atom. The van der Waals surface area contributed by atoms with Crippen molar-refractivity contribution in [3.63, 3.8) is 0 Å². The Hall–Kier alpha value is -4.07. The van der Waals surface area contributed by atoms with E-state index in [0.717, 1.165) is 17.4 Å². The molecule has 3 aromatic rings. The molecular weight excluding hydrogens is 477 g/mol. The summed E-state index contributed by atoms with van der Waals surface area (Å²) in [5.74, 6) is 0.854. The first-order valence-corrected chi connectivity index (χ1v) is 12.1. The van der Waals surface area contributed by atoms with Gasteiger partial charge in [-0.2, -0.15) is 0 Å². The summed E-state index contributed by atoms with van der Waals surface area (Å²) in [6.07, 6.45) is 7.80. The van der Waals surface area contributed by atoms with E-state index in [4.69, 9.17) is 18.9 Å². The highest BCUT2D eigenvalue weighted by Gasteiger charge is 2.25. The zero-order valence-electron chi connectivity index (χ0n) is 21.3. The van der Waals surface area contributed by atoms with Gasteiger partial charge in [0.1, 0.15) is 18.1 Å². The molecule has 1 aliphatic carbocycles. The average molecular weight is 508 g/mol. The summed E-state index contributed by atoms with van der Waals surface area (Å²) >= 11 is 0. The second-order valence-electron chi connectivity index (χ2n) is 8.83. The van der Waals surface area contributed by atoms with Gasteiger partial charge >= 0.3 is 0 Å². The molecule has 2 unspecified atom stereocenters. The molecule has 4 rings (SSSR count). The highest BCUT2D eigenvalue weighted by atomic mass is 19.1. The van der Waals surface area contributed by atoms with Gasteiger partial charge in [0.25, 0.3) is 0 Å². The Labute approximate surface area is 214 Å². The number of methoxy groups -OCH3 is 2. The molecular formula is C29H30FNO6. The van der Waals surface area contributed by atoms with Crippen LogP contribution in [-0.4, -0.2) is 31.7 Å². The molecule has 1 aliphatic rings. The second kappa shape index (κ2) is 11.3. The van der Waals surface area contributed by atoms with Crippen LogP contribution in [-0.2, 0) is 17.9 Å². The number of fused-ring (bicyclic) bond motifs is 1. The lowest BCUT2D eigenvalue weighted by molar-refractivity contribution is 0.112. The minimum absolute atomic E-state index is 0.0114. The van der Waals surface area contributed by atoms with Gasteiger partial charge in [0.05, 0.1) is 37.3 Å². The number of pyridine rings is 1. The van der Waals surface area contributed by atoms with Crippen molar-refractivity contribution < 1.29 is 28.1 Å². The van der Waals surface area contributed by atoms with E-state index in [0.29, 0.717) is 24.1 Å². The van der Waals surface area contributed by atoms with Gasteiger partial charge in [-0.15, -0.1) is 0 Å². The van der Waals surface area contributed by atoms with Crippen molar-refractivity contribution >= 4 is 17.2 Å². The van der Waals surface area contributed by atoms with Crippen LogP contribution < -0.4 is 19.6 Å². The lowest BCUT2D eigenvalue weighted by Gasteiger charge is -2.24. The van der Waals surface area contributed by atoms with Gasteiger partial charge < -0.3 is 23.5 Å². The second-order valence-corrected chi connectivity index (χ2v) is 8.83. The van der Waals surface area contributed by atoms with E-state index in [1.807, 2.05) is 44.2 Å². The number of rotatable bonds is 10. The molecule has 0 amide bonds. The van der Waals surface area contributed by atoms with Crippen LogP contribution in [0, 0.1) is 17.7 Å². The first-order valence-electron chi connectivity index (χ1n) is 12.1. The van der Waals surface area contributed by atoms with Crippen LogP contribution in [0.2, 0.25) is 0 Å². The Morgan fingerprint density at radius 3 is 2.46 bits per heavy atom. The molecule has 1 heterocycles. The summed E-state index contributed by atoms with van der Waals surface area (Å²) in [7, 11) is 3.19. The highest BCUT2D eigenvalue weighted by Crippen LogP contribution is 2.39. The van der Waals surface area contributed by atoms with Crippen molar-refractivity contribution in [3.8, 4) is 17.2 Å². The van der Waals surface area contributed by atoms with Gasteiger partial charge in [-0.25, -0.2) is 4.39 Å². The van der Waals surface area contributed by atoms with Gasteiger partial charge in [-0.1, -0.05) is 25.1 Å². The number of halogens is 1. The van der Waals surface area contributed by atoms with Crippen molar-refractivity contribution in [2.45, 2.75) is 27.0 Å². The quantitative estimate of drug-likeness (QED) is 0.347. The zero-order chi connectivity index (χ0) is 26.5. The summed E-state index contributed by atoms with van der Waals surface area (Å²) in [4.78, 5) is 24.5. The Kier molecular flexibility index (Phi) is 7.96. The number of benzene rings is 2. The zero-order valence-corrected chi connectivity index (χ0v) is 21.3. The van der Waals surface area contributed by atoms with Crippen molar-refractivity contribution in [3.05, 3.63) is 87.7 Å². The van der Waals surface area contributed by atoms with Gasteiger partial charge in [0, 0.05) is 18.7 Å². The molecule has 0 bridgehead atoms. The number of allylic oxidation sites excluding steroid dienone is 2. The maximum atomic E-state index is 15.5. The molecule has 2 atom stereocenters. The smallest absolute Gasteiger partial charge is 0.200 e. The molecule has 0 N–H and O–H groups in total. The Bertz CT molecular complexity index is 1410. The van der Waals surface area contributed by atoms with E-state index >= 15 is 4.39 Å². The molecule has 0 saturated heterocycles. The molecule has 0 aliphatic heterocycles. The number of aryl methyl sites for hydroxylation is 1. The predicted molar refractivity (Wildman–Crippen MR) is 139 cm³/mol. The number of carbonyl (C=O) groups excluding carboxylic acids is 1.